The smallest absolute Gasteiger partial charge is 0.245 e. The fourth-order valence-corrected chi connectivity index (χ4v) is 3.35. The fourth-order valence-electron chi connectivity index (χ4n) is 2.50. The van der Waals surface area contributed by atoms with Crippen LogP contribution in [0.25, 0.3) is 0 Å². The summed E-state index contributed by atoms with van der Waals surface area (Å²) in [6.07, 6.45) is 1.15. The number of ether oxygens (including phenoxy) is 1. The third-order valence-corrected chi connectivity index (χ3v) is 5.12. The van der Waals surface area contributed by atoms with Gasteiger partial charge in [0, 0.05) is 5.69 Å². The van der Waals surface area contributed by atoms with Crippen LogP contribution in [0.15, 0.2) is 42.5 Å². The van der Waals surface area contributed by atoms with Crippen LogP contribution in [0.4, 0.5) is 11.4 Å². The molecule has 0 aliphatic rings. The Balaban J connectivity index is 2.13. The lowest BCUT2D eigenvalue weighted by Gasteiger charge is -2.22. The topological polar surface area (TPSA) is 75.7 Å². The first-order valence-electron chi connectivity index (χ1n) is 8.68. The molecule has 0 aliphatic carbocycles. The van der Waals surface area contributed by atoms with Gasteiger partial charge in [0.1, 0.15) is 12.3 Å². The van der Waals surface area contributed by atoms with Gasteiger partial charge in [0.2, 0.25) is 15.9 Å². The molecule has 0 aliphatic heterocycles. The predicted molar refractivity (Wildman–Crippen MR) is 109 cm³/mol. The van der Waals surface area contributed by atoms with Gasteiger partial charge < -0.3 is 10.1 Å². The average Bonchev–Trinajstić information content (AvgIpc) is 2.56. The zero-order valence-electron chi connectivity index (χ0n) is 16.3. The van der Waals surface area contributed by atoms with Crippen molar-refractivity contribution in [2.75, 3.05) is 22.4 Å². The summed E-state index contributed by atoms with van der Waals surface area (Å²) in [6.45, 7) is 7.42. The van der Waals surface area contributed by atoms with E-state index in [9.17, 15) is 13.2 Å². The van der Waals surface area contributed by atoms with E-state index >= 15 is 0 Å². The Hall–Kier alpha value is -2.54. The van der Waals surface area contributed by atoms with Gasteiger partial charge in [-0.3, -0.25) is 9.10 Å². The van der Waals surface area contributed by atoms with E-state index < -0.39 is 15.9 Å². The summed E-state index contributed by atoms with van der Waals surface area (Å²) in [5, 5.41) is 2.72. The van der Waals surface area contributed by atoms with Crippen LogP contribution < -0.4 is 14.4 Å². The molecule has 0 bridgehead atoms. The normalized spacial score (nSPS) is 11.3. The van der Waals surface area contributed by atoms with E-state index in [4.69, 9.17) is 4.74 Å². The van der Waals surface area contributed by atoms with E-state index in [0.29, 0.717) is 17.1 Å². The molecule has 6 nitrogen and oxygen atoms in total. The Bertz CT molecular complexity index is 906. The van der Waals surface area contributed by atoms with Gasteiger partial charge in [-0.2, -0.15) is 0 Å². The average molecular weight is 391 g/mol. The van der Waals surface area contributed by atoms with Gasteiger partial charge in [-0.25, -0.2) is 8.42 Å². The first-order valence-corrected chi connectivity index (χ1v) is 10.5. The number of rotatable bonds is 7. The van der Waals surface area contributed by atoms with E-state index in [2.05, 4.69) is 5.32 Å². The molecule has 2 aromatic rings. The SMILES string of the molecule is Cc1ccc(N(CC(=O)Nc2ccc(OC(C)C)cc2)S(C)(=O)=O)cc1C. The van der Waals surface area contributed by atoms with E-state index in [1.165, 1.54) is 0 Å². The number of nitrogens with one attached hydrogen (secondary N) is 1. The van der Waals surface area contributed by atoms with Gasteiger partial charge in [0.15, 0.2) is 0 Å². The minimum Gasteiger partial charge on any atom is -0.491 e. The Kier molecular flexibility index (Phi) is 6.49. The van der Waals surface area contributed by atoms with Crippen LogP contribution in [0, 0.1) is 13.8 Å². The van der Waals surface area contributed by atoms with E-state index in [0.717, 1.165) is 21.7 Å². The van der Waals surface area contributed by atoms with Crippen LogP contribution in [0.2, 0.25) is 0 Å². The quantitative estimate of drug-likeness (QED) is 0.785. The summed E-state index contributed by atoms with van der Waals surface area (Å²) in [7, 11) is -3.60. The Labute approximate surface area is 161 Å². The number of nitrogens with zero attached hydrogens (tertiary/aromatic N) is 1. The van der Waals surface area contributed by atoms with Crippen molar-refractivity contribution in [1.29, 1.82) is 0 Å². The number of carbonyl (C=O) groups is 1. The first kappa shape index (κ1) is 20.8. The number of aryl methyl sites for hydroxylation is 2. The van der Waals surface area contributed by atoms with Crippen molar-refractivity contribution in [3.8, 4) is 5.75 Å². The maximum atomic E-state index is 12.4. The number of carbonyl (C=O) groups excluding carboxylic acids is 1. The first-order chi connectivity index (χ1) is 12.6. The largest absolute Gasteiger partial charge is 0.491 e. The third kappa shape index (κ3) is 5.99. The second kappa shape index (κ2) is 8.43. The highest BCUT2D eigenvalue weighted by molar-refractivity contribution is 7.92. The molecule has 0 spiro atoms. The molecule has 0 unspecified atom stereocenters. The molecule has 27 heavy (non-hydrogen) atoms. The lowest BCUT2D eigenvalue weighted by molar-refractivity contribution is -0.114. The van der Waals surface area contributed by atoms with Crippen molar-refractivity contribution in [2.24, 2.45) is 0 Å². The molecule has 2 rings (SSSR count). The molecule has 7 heteroatoms. The van der Waals surface area contributed by atoms with Gasteiger partial charge in [-0.15, -0.1) is 0 Å². The molecule has 0 fully saturated rings. The van der Waals surface area contributed by atoms with Crippen LogP contribution in [-0.2, 0) is 14.8 Å². The van der Waals surface area contributed by atoms with Crippen molar-refractivity contribution in [2.45, 2.75) is 33.8 Å². The highest BCUT2D eigenvalue weighted by atomic mass is 32.2. The standard InChI is InChI=1S/C20H26N2O4S/c1-14(2)26-19-10-7-17(8-11-19)21-20(23)13-22(27(5,24)25)18-9-6-15(3)16(4)12-18/h6-12,14H,13H2,1-5H3,(H,21,23). The number of sulfonamides is 1. The second-order valence-corrected chi connectivity index (χ2v) is 8.68. The summed E-state index contributed by atoms with van der Waals surface area (Å²) in [5.41, 5.74) is 3.06. The third-order valence-electron chi connectivity index (χ3n) is 3.98. The Morgan fingerprint density at radius 3 is 2.22 bits per heavy atom. The molecule has 0 saturated heterocycles. The number of benzene rings is 2. The van der Waals surface area contributed by atoms with Crippen molar-refractivity contribution >= 4 is 27.3 Å². The monoisotopic (exact) mass is 390 g/mol. The molecule has 2 aromatic carbocycles. The molecule has 0 saturated carbocycles. The number of amides is 1. The zero-order valence-corrected chi connectivity index (χ0v) is 17.1. The molecule has 1 amide bonds. The number of anilines is 2. The van der Waals surface area contributed by atoms with Crippen molar-refractivity contribution in [1.82, 2.24) is 0 Å². The summed E-state index contributed by atoms with van der Waals surface area (Å²) in [5.74, 6) is 0.284. The lowest BCUT2D eigenvalue weighted by atomic mass is 10.1. The maximum Gasteiger partial charge on any atom is 0.245 e. The van der Waals surface area contributed by atoms with E-state index in [1.54, 1.807) is 36.4 Å². The van der Waals surface area contributed by atoms with Crippen molar-refractivity contribution in [3.05, 3.63) is 53.6 Å². The summed E-state index contributed by atoms with van der Waals surface area (Å²) in [4.78, 5) is 12.4. The highest BCUT2D eigenvalue weighted by Crippen LogP contribution is 2.22. The van der Waals surface area contributed by atoms with Gasteiger partial charge in [-0.1, -0.05) is 6.07 Å². The maximum absolute atomic E-state index is 12.4. The summed E-state index contributed by atoms with van der Waals surface area (Å²) < 4.78 is 31.0. The second-order valence-electron chi connectivity index (χ2n) is 6.78. The van der Waals surface area contributed by atoms with Gasteiger partial charge in [0.05, 0.1) is 18.0 Å². The molecule has 0 aromatic heterocycles. The van der Waals surface area contributed by atoms with Crippen LogP contribution in [-0.4, -0.2) is 33.2 Å². The van der Waals surface area contributed by atoms with Gasteiger partial charge >= 0.3 is 0 Å². The highest BCUT2D eigenvalue weighted by Gasteiger charge is 2.21. The molecular weight excluding hydrogens is 364 g/mol. The summed E-state index contributed by atoms with van der Waals surface area (Å²) >= 11 is 0. The Morgan fingerprint density at radius 1 is 1.07 bits per heavy atom. The predicted octanol–water partition coefficient (Wildman–Crippen LogP) is 3.50. The summed E-state index contributed by atoms with van der Waals surface area (Å²) in [6, 6.07) is 12.3. The fraction of sp³-hybridized carbons (Fsp3) is 0.350. The molecule has 0 heterocycles. The van der Waals surface area contributed by atoms with Gasteiger partial charge in [0.25, 0.3) is 0 Å². The van der Waals surface area contributed by atoms with E-state index in [-0.39, 0.29) is 12.6 Å². The number of hydrogen-bond donors (Lipinski definition) is 1. The number of hydrogen-bond acceptors (Lipinski definition) is 4. The lowest BCUT2D eigenvalue weighted by Crippen LogP contribution is -2.37. The zero-order chi connectivity index (χ0) is 20.2. The molecule has 0 atom stereocenters. The molecule has 0 radical (unpaired) electrons. The van der Waals surface area contributed by atoms with Crippen LogP contribution in [0.5, 0.6) is 5.75 Å². The molecular formula is C20H26N2O4S. The Morgan fingerprint density at radius 2 is 1.70 bits per heavy atom. The van der Waals surface area contributed by atoms with Gasteiger partial charge in [-0.05, 0) is 75.2 Å². The minimum atomic E-state index is -3.60. The van der Waals surface area contributed by atoms with Crippen molar-refractivity contribution in [3.63, 3.8) is 0 Å². The molecule has 146 valence electrons. The minimum absolute atomic E-state index is 0.0618. The molecule has 1 N–H and O–H groups in total. The van der Waals surface area contributed by atoms with E-state index in [1.807, 2.05) is 33.8 Å². The van der Waals surface area contributed by atoms with Crippen LogP contribution in [0.1, 0.15) is 25.0 Å². The van der Waals surface area contributed by atoms with Crippen LogP contribution in [0.3, 0.4) is 0 Å². The van der Waals surface area contributed by atoms with Crippen LogP contribution >= 0.6 is 0 Å². The van der Waals surface area contributed by atoms with Crippen molar-refractivity contribution < 1.29 is 17.9 Å².